The van der Waals surface area contributed by atoms with Gasteiger partial charge in [-0.1, -0.05) is 13.3 Å². The first-order chi connectivity index (χ1) is 9.34. The van der Waals surface area contributed by atoms with Crippen LogP contribution in [0.5, 0.6) is 0 Å². The summed E-state index contributed by atoms with van der Waals surface area (Å²) in [6.07, 6.45) is 2.66. The van der Waals surface area contributed by atoms with Crippen molar-refractivity contribution in [2.45, 2.75) is 37.1 Å². The number of carboxylic acid groups (broad SMARTS) is 1. The summed E-state index contributed by atoms with van der Waals surface area (Å²) in [7, 11) is 0. The van der Waals surface area contributed by atoms with E-state index >= 15 is 0 Å². The van der Waals surface area contributed by atoms with Gasteiger partial charge in [-0.05, 0) is 37.8 Å². The van der Waals surface area contributed by atoms with Gasteiger partial charge in [0.15, 0.2) is 0 Å². The van der Waals surface area contributed by atoms with Gasteiger partial charge < -0.3 is 10.4 Å². The second-order valence-electron chi connectivity index (χ2n) is 4.69. The van der Waals surface area contributed by atoms with Crippen molar-refractivity contribution in [1.29, 1.82) is 0 Å². The van der Waals surface area contributed by atoms with Crippen molar-refractivity contribution in [3.05, 3.63) is 29.6 Å². The fourth-order valence-corrected chi connectivity index (χ4v) is 2.35. The molecule has 0 aliphatic heterocycles. The van der Waals surface area contributed by atoms with Crippen molar-refractivity contribution in [2.75, 3.05) is 6.26 Å². The number of hydrogen-bond acceptors (Lipinski definition) is 3. The van der Waals surface area contributed by atoms with Crippen LogP contribution in [0.15, 0.2) is 23.1 Å². The maximum Gasteiger partial charge on any atom is 0.329 e. The maximum atomic E-state index is 13.4. The zero-order valence-electron chi connectivity index (χ0n) is 11.7. The lowest BCUT2D eigenvalue weighted by Gasteiger charge is -2.25. The number of benzene rings is 1. The van der Waals surface area contributed by atoms with Gasteiger partial charge in [0.2, 0.25) is 0 Å². The molecule has 6 heteroatoms. The molecule has 1 rings (SSSR count). The molecular weight excluding hydrogens is 281 g/mol. The van der Waals surface area contributed by atoms with Crippen LogP contribution in [-0.2, 0) is 4.79 Å². The summed E-state index contributed by atoms with van der Waals surface area (Å²) in [6, 6.07) is 3.97. The van der Waals surface area contributed by atoms with E-state index in [0.717, 1.165) is 0 Å². The number of carbonyl (C=O) groups is 2. The Bertz CT molecular complexity index is 521. The third-order valence-electron chi connectivity index (χ3n) is 3.02. The number of nitrogens with one attached hydrogen (secondary N) is 1. The minimum atomic E-state index is -1.32. The Balaban J connectivity index is 2.98. The Morgan fingerprint density at radius 2 is 2.10 bits per heavy atom. The molecule has 0 heterocycles. The van der Waals surface area contributed by atoms with Crippen LogP contribution in [0.4, 0.5) is 4.39 Å². The lowest BCUT2D eigenvalue weighted by atomic mass is 9.96. The number of carboxylic acids is 1. The predicted molar refractivity (Wildman–Crippen MR) is 76.6 cm³/mol. The van der Waals surface area contributed by atoms with Crippen LogP contribution in [0.1, 0.15) is 37.0 Å². The highest BCUT2D eigenvalue weighted by Crippen LogP contribution is 2.21. The molecule has 0 aliphatic carbocycles. The average Bonchev–Trinajstić information content (AvgIpc) is 2.39. The largest absolute Gasteiger partial charge is 0.480 e. The molecule has 1 atom stereocenters. The lowest BCUT2D eigenvalue weighted by Crippen LogP contribution is -2.52. The van der Waals surface area contributed by atoms with Gasteiger partial charge >= 0.3 is 5.97 Å². The zero-order valence-corrected chi connectivity index (χ0v) is 12.5. The first kappa shape index (κ1) is 16.5. The fourth-order valence-electron chi connectivity index (χ4n) is 1.85. The molecule has 2 N–H and O–H groups in total. The van der Waals surface area contributed by atoms with E-state index in [1.54, 1.807) is 6.26 Å². The number of amides is 1. The standard InChI is InChI=1S/C14H18FNO3S/c1-4-7-14(2,13(18)19)16-12(17)9-5-6-10(15)11(8-9)20-3/h5-6,8H,4,7H2,1-3H3,(H,16,17)(H,18,19). The Labute approximate surface area is 121 Å². The fraction of sp³-hybridized carbons (Fsp3) is 0.429. The summed E-state index contributed by atoms with van der Waals surface area (Å²) in [4.78, 5) is 23.7. The molecule has 0 saturated heterocycles. The van der Waals surface area contributed by atoms with E-state index in [9.17, 15) is 19.1 Å². The second-order valence-corrected chi connectivity index (χ2v) is 5.54. The molecule has 1 unspecified atom stereocenters. The summed E-state index contributed by atoms with van der Waals surface area (Å²) in [5, 5.41) is 11.7. The van der Waals surface area contributed by atoms with Crippen LogP contribution >= 0.6 is 11.8 Å². The highest BCUT2D eigenvalue weighted by Gasteiger charge is 2.34. The third kappa shape index (κ3) is 3.72. The van der Waals surface area contributed by atoms with Crippen LogP contribution in [0.2, 0.25) is 0 Å². The molecular formula is C14H18FNO3S. The van der Waals surface area contributed by atoms with Crippen molar-refractivity contribution >= 4 is 23.6 Å². The highest BCUT2D eigenvalue weighted by atomic mass is 32.2. The third-order valence-corrected chi connectivity index (χ3v) is 3.78. The molecule has 0 aliphatic rings. The van der Waals surface area contributed by atoms with Gasteiger partial charge in [-0.2, -0.15) is 0 Å². The van der Waals surface area contributed by atoms with Crippen LogP contribution in [0, 0.1) is 5.82 Å². The smallest absolute Gasteiger partial charge is 0.329 e. The summed E-state index contributed by atoms with van der Waals surface area (Å²) < 4.78 is 13.4. The van der Waals surface area contributed by atoms with Crippen LogP contribution in [-0.4, -0.2) is 28.8 Å². The minimum Gasteiger partial charge on any atom is -0.480 e. The van der Waals surface area contributed by atoms with E-state index in [0.29, 0.717) is 17.7 Å². The first-order valence-electron chi connectivity index (χ1n) is 6.23. The van der Waals surface area contributed by atoms with Crippen LogP contribution in [0.25, 0.3) is 0 Å². The molecule has 1 aromatic rings. The first-order valence-corrected chi connectivity index (χ1v) is 7.46. The number of thioether (sulfide) groups is 1. The lowest BCUT2D eigenvalue weighted by molar-refractivity contribution is -0.144. The van der Waals surface area contributed by atoms with E-state index in [2.05, 4.69) is 5.32 Å². The molecule has 0 aromatic heterocycles. The van der Waals surface area contributed by atoms with Crippen molar-refractivity contribution < 1.29 is 19.1 Å². The molecule has 20 heavy (non-hydrogen) atoms. The number of hydrogen-bond donors (Lipinski definition) is 2. The van der Waals surface area contributed by atoms with Gasteiger partial charge in [0.25, 0.3) is 5.91 Å². The quantitative estimate of drug-likeness (QED) is 0.793. The van der Waals surface area contributed by atoms with Crippen LogP contribution in [0.3, 0.4) is 0 Å². The predicted octanol–water partition coefficient (Wildman–Crippen LogP) is 2.92. The van der Waals surface area contributed by atoms with Crippen molar-refractivity contribution in [2.24, 2.45) is 0 Å². The molecule has 1 amide bonds. The minimum absolute atomic E-state index is 0.249. The molecule has 0 spiro atoms. The summed E-state index contributed by atoms with van der Waals surface area (Å²) in [5.74, 6) is -2.00. The number of rotatable bonds is 6. The van der Waals surface area contributed by atoms with Crippen LogP contribution < -0.4 is 5.32 Å². The second kappa shape index (κ2) is 6.74. The molecule has 0 bridgehead atoms. The van der Waals surface area contributed by atoms with E-state index in [1.165, 1.54) is 36.9 Å². The molecule has 0 saturated carbocycles. The summed E-state index contributed by atoms with van der Waals surface area (Å²) in [6.45, 7) is 3.31. The van der Waals surface area contributed by atoms with E-state index in [1.807, 2.05) is 6.92 Å². The van der Waals surface area contributed by atoms with E-state index < -0.39 is 23.2 Å². The van der Waals surface area contributed by atoms with Crippen molar-refractivity contribution in [1.82, 2.24) is 5.32 Å². The topological polar surface area (TPSA) is 66.4 Å². The SMILES string of the molecule is CCCC(C)(NC(=O)c1ccc(F)c(SC)c1)C(=O)O. The number of halogens is 1. The molecule has 110 valence electrons. The van der Waals surface area contributed by atoms with Gasteiger partial charge in [-0.3, -0.25) is 4.79 Å². The molecule has 1 aromatic carbocycles. The van der Waals surface area contributed by atoms with Gasteiger partial charge in [-0.25, -0.2) is 9.18 Å². The number of carbonyl (C=O) groups excluding carboxylic acids is 1. The monoisotopic (exact) mass is 299 g/mol. The van der Waals surface area contributed by atoms with E-state index in [4.69, 9.17) is 0 Å². The van der Waals surface area contributed by atoms with Gasteiger partial charge in [0.1, 0.15) is 11.4 Å². The summed E-state index contributed by atoms with van der Waals surface area (Å²) >= 11 is 1.19. The molecule has 0 fully saturated rings. The Morgan fingerprint density at radius 3 is 2.60 bits per heavy atom. The normalized spacial score (nSPS) is 13.6. The number of aliphatic carboxylic acids is 1. The van der Waals surface area contributed by atoms with Gasteiger partial charge in [-0.15, -0.1) is 11.8 Å². The Morgan fingerprint density at radius 1 is 1.45 bits per heavy atom. The Kier molecular flexibility index (Phi) is 5.56. The average molecular weight is 299 g/mol. The maximum absolute atomic E-state index is 13.4. The zero-order chi connectivity index (χ0) is 15.3. The summed E-state index contributed by atoms with van der Waals surface area (Å²) in [5.41, 5.74) is -1.07. The molecule has 4 nitrogen and oxygen atoms in total. The van der Waals surface area contributed by atoms with Gasteiger partial charge in [0, 0.05) is 10.5 Å². The van der Waals surface area contributed by atoms with Crippen molar-refractivity contribution in [3.8, 4) is 0 Å². The Hall–Kier alpha value is -1.56. The van der Waals surface area contributed by atoms with E-state index in [-0.39, 0.29) is 5.56 Å². The van der Waals surface area contributed by atoms with Crippen molar-refractivity contribution in [3.63, 3.8) is 0 Å². The highest BCUT2D eigenvalue weighted by molar-refractivity contribution is 7.98. The van der Waals surface area contributed by atoms with Gasteiger partial charge in [0.05, 0.1) is 0 Å². The molecule has 0 radical (unpaired) electrons.